The number of hydrogen-bond donors (Lipinski definition) is 0. The van der Waals surface area contributed by atoms with Gasteiger partial charge in [-0.25, -0.2) is 14.6 Å². The molecule has 0 spiro atoms. The minimum Gasteiger partial charge on any atom is -0.298 e. The Morgan fingerprint density at radius 3 is 2.84 bits per heavy atom. The van der Waals surface area contributed by atoms with E-state index in [0.717, 1.165) is 40.7 Å². The molecule has 2 aromatic heterocycles. The fraction of sp³-hybridized carbons (Fsp3) is 0.400. The molecule has 0 bridgehead atoms. The largest absolute Gasteiger partial charge is 0.298 e. The van der Waals surface area contributed by atoms with E-state index < -0.39 is 0 Å². The zero-order valence-corrected chi connectivity index (χ0v) is 14.3. The average molecular weight is 332 g/mol. The third-order valence-corrected chi connectivity index (χ3v) is 5.66. The van der Waals surface area contributed by atoms with Crippen molar-refractivity contribution in [3.8, 4) is 0 Å². The highest BCUT2D eigenvalue weighted by atomic mass is 16.1. The van der Waals surface area contributed by atoms with Crippen molar-refractivity contribution in [3.63, 3.8) is 0 Å². The molecule has 2 aliphatic rings. The van der Waals surface area contributed by atoms with Gasteiger partial charge in [-0.2, -0.15) is 5.10 Å². The second-order valence-electron chi connectivity index (χ2n) is 7.30. The third-order valence-electron chi connectivity index (χ3n) is 5.66. The van der Waals surface area contributed by atoms with Gasteiger partial charge in [0, 0.05) is 6.42 Å². The Hall–Kier alpha value is -2.56. The molecule has 1 saturated carbocycles. The van der Waals surface area contributed by atoms with Crippen LogP contribution in [0.2, 0.25) is 0 Å². The van der Waals surface area contributed by atoms with Crippen molar-refractivity contribution in [1.29, 1.82) is 0 Å². The van der Waals surface area contributed by atoms with Crippen LogP contribution in [-0.2, 0) is 11.2 Å². The van der Waals surface area contributed by atoms with Crippen molar-refractivity contribution < 1.29 is 4.79 Å². The highest BCUT2D eigenvalue weighted by molar-refractivity contribution is 5.98. The van der Waals surface area contributed by atoms with Crippen LogP contribution in [0.5, 0.6) is 0 Å². The van der Waals surface area contributed by atoms with E-state index in [2.05, 4.69) is 40.2 Å². The summed E-state index contributed by atoms with van der Waals surface area (Å²) in [6.07, 6.45) is 8.73. The van der Waals surface area contributed by atoms with E-state index in [1.807, 2.05) is 10.9 Å². The van der Waals surface area contributed by atoms with Crippen molar-refractivity contribution in [2.45, 2.75) is 51.0 Å². The van der Waals surface area contributed by atoms with Crippen molar-refractivity contribution >= 4 is 16.8 Å². The van der Waals surface area contributed by atoms with Crippen molar-refractivity contribution in [2.24, 2.45) is 0 Å². The minimum atomic E-state index is -0.290. The van der Waals surface area contributed by atoms with Gasteiger partial charge in [0.05, 0.1) is 29.2 Å². The molecule has 2 aliphatic carbocycles. The molecule has 5 nitrogen and oxygen atoms in total. The van der Waals surface area contributed by atoms with Gasteiger partial charge in [0.25, 0.3) is 0 Å². The highest BCUT2D eigenvalue weighted by Gasteiger charge is 2.35. The van der Waals surface area contributed by atoms with E-state index in [-0.39, 0.29) is 11.7 Å². The van der Waals surface area contributed by atoms with E-state index >= 15 is 0 Å². The van der Waals surface area contributed by atoms with Crippen molar-refractivity contribution in [1.82, 2.24) is 19.7 Å². The molecule has 0 radical (unpaired) electrons. The second-order valence-corrected chi connectivity index (χ2v) is 7.30. The van der Waals surface area contributed by atoms with Gasteiger partial charge in [-0.3, -0.25) is 4.79 Å². The Kier molecular flexibility index (Phi) is 3.23. The number of benzene rings is 1. The first-order chi connectivity index (χ1) is 12.2. The molecular weight excluding hydrogens is 312 g/mol. The molecule has 1 atom stereocenters. The van der Waals surface area contributed by atoms with Gasteiger partial charge in [0.2, 0.25) is 0 Å². The molecule has 126 valence electrons. The summed E-state index contributed by atoms with van der Waals surface area (Å²) in [5.74, 6) is -0.0733. The predicted octanol–water partition coefficient (Wildman–Crippen LogP) is 3.51. The summed E-state index contributed by atoms with van der Waals surface area (Å²) >= 11 is 0. The Labute approximate surface area is 146 Å². The van der Waals surface area contributed by atoms with Crippen LogP contribution in [-0.4, -0.2) is 25.5 Å². The number of carbonyl (C=O) groups excluding carboxylic acids is 1. The first-order valence-corrected chi connectivity index (χ1v) is 9.02. The predicted molar refractivity (Wildman–Crippen MR) is 94.6 cm³/mol. The van der Waals surface area contributed by atoms with Gasteiger partial charge in [-0.05, 0) is 30.9 Å². The molecule has 5 heteroatoms. The molecule has 0 amide bonds. The zero-order valence-electron chi connectivity index (χ0n) is 14.3. The van der Waals surface area contributed by atoms with Crippen LogP contribution in [0.4, 0.5) is 0 Å². The molecule has 3 aromatic rings. The lowest BCUT2D eigenvalue weighted by Gasteiger charge is -2.13. The summed E-state index contributed by atoms with van der Waals surface area (Å²) < 4.78 is 2.05. The molecule has 1 unspecified atom stereocenters. The lowest BCUT2D eigenvalue weighted by molar-refractivity contribution is -0.118. The molecule has 1 aromatic carbocycles. The van der Waals surface area contributed by atoms with Gasteiger partial charge < -0.3 is 0 Å². The van der Waals surface area contributed by atoms with Crippen molar-refractivity contribution in [2.75, 3.05) is 0 Å². The first-order valence-electron chi connectivity index (χ1n) is 9.02. The molecule has 0 aliphatic heterocycles. The number of fused-ring (bicyclic) bond motifs is 2. The Balaban J connectivity index is 1.67. The van der Waals surface area contributed by atoms with Gasteiger partial charge in [-0.15, -0.1) is 0 Å². The Morgan fingerprint density at radius 1 is 1.16 bits per heavy atom. The molecule has 0 N–H and O–H groups in total. The first kappa shape index (κ1) is 14.8. The van der Waals surface area contributed by atoms with Gasteiger partial charge >= 0.3 is 0 Å². The number of aromatic nitrogens is 4. The number of hydrogen-bond acceptors (Lipinski definition) is 4. The summed E-state index contributed by atoms with van der Waals surface area (Å²) in [7, 11) is 0. The van der Waals surface area contributed by atoms with Gasteiger partial charge in [0.1, 0.15) is 6.33 Å². The van der Waals surface area contributed by atoms with E-state index in [0.29, 0.717) is 12.5 Å². The fourth-order valence-corrected chi connectivity index (χ4v) is 4.43. The van der Waals surface area contributed by atoms with Crippen LogP contribution in [0.1, 0.15) is 60.0 Å². The maximum absolute atomic E-state index is 12.8. The maximum atomic E-state index is 12.8. The van der Waals surface area contributed by atoms with Crippen molar-refractivity contribution in [3.05, 3.63) is 53.1 Å². The van der Waals surface area contributed by atoms with Crippen LogP contribution < -0.4 is 0 Å². The molecule has 0 saturated heterocycles. The quantitative estimate of drug-likeness (QED) is 0.720. The summed E-state index contributed by atoms with van der Waals surface area (Å²) in [6.45, 7) is 2.06. The topological polar surface area (TPSA) is 60.7 Å². The van der Waals surface area contributed by atoms with Crippen LogP contribution in [0.3, 0.4) is 0 Å². The van der Waals surface area contributed by atoms with Crippen LogP contribution in [0, 0.1) is 6.92 Å². The minimum absolute atomic E-state index is 0.217. The molecule has 1 fully saturated rings. The Bertz CT molecular complexity index is 985. The third kappa shape index (κ3) is 2.22. The second kappa shape index (κ2) is 5.48. The maximum Gasteiger partial charge on any atom is 0.161 e. The summed E-state index contributed by atoms with van der Waals surface area (Å²) in [5.41, 5.74) is 5.06. The van der Waals surface area contributed by atoms with E-state index in [4.69, 9.17) is 0 Å². The number of ketones is 1. The van der Waals surface area contributed by atoms with Gasteiger partial charge in [-0.1, -0.05) is 36.6 Å². The number of carbonyl (C=O) groups is 1. The zero-order chi connectivity index (χ0) is 17.0. The number of rotatable bonds is 2. The Morgan fingerprint density at radius 2 is 2.00 bits per heavy atom. The molecule has 25 heavy (non-hydrogen) atoms. The van der Waals surface area contributed by atoms with Gasteiger partial charge in [0.15, 0.2) is 11.4 Å². The monoisotopic (exact) mass is 332 g/mol. The molecular formula is C20H20N4O. The van der Waals surface area contributed by atoms with Crippen LogP contribution in [0.15, 0.2) is 30.7 Å². The summed E-state index contributed by atoms with van der Waals surface area (Å²) in [5, 5.41) is 5.53. The van der Waals surface area contributed by atoms with E-state index in [1.54, 1.807) is 6.33 Å². The highest BCUT2D eigenvalue weighted by Crippen LogP contribution is 2.38. The lowest BCUT2D eigenvalue weighted by atomic mass is 9.94. The fourth-order valence-electron chi connectivity index (χ4n) is 4.43. The summed E-state index contributed by atoms with van der Waals surface area (Å²) in [4.78, 5) is 21.8. The number of nitrogens with zero attached hydrogens (tertiary/aromatic N) is 4. The summed E-state index contributed by atoms with van der Waals surface area (Å²) in [6, 6.07) is 6.69. The number of aryl methyl sites for hydroxylation is 1. The smallest absolute Gasteiger partial charge is 0.161 e. The van der Waals surface area contributed by atoms with E-state index in [9.17, 15) is 4.79 Å². The number of Topliss-reactive ketones (excluding diaryl/α,β-unsaturated/α-hetero) is 1. The van der Waals surface area contributed by atoms with E-state index in [1.165, 1.54) is 18.4 Å². The standard InChI is InChI=1S/C20H20N4O/c1-12-6-7-13-9-17(25)18(15(13)8-12)19-16-10-23-24(14-4-2-3-5-14)20(16)22-11-21-19/h6-8,10-11,14,18H,2-5,9H2,1H3. The average Bonchev–Trinajstić information content (AvgIpc) is 3.31. The van der Waals surface area contributed by atoms with Crippen LogP contribution in [0.25, 0.3) is 11.0 Å². The van der Waals surface area contributed by atoms with Crippen LogP contribution >= 0.6 is 0 Å². The molecule has 2 heterocycles. The lowest BCUT2D eigenvalue weighted by Crippen LogP contribution is -2.11. The SMILES string of the molecule is Cc1ccc2c(c1)C(c1ncnc3c1cnn3C1CCCC1)C(=O)C2. The normalized spacial score (nSPS) is 20.5. The molecule has 5 rings (SSSR count).